The minimum Gasteiger partial charge on any atom is -0.493 e. The molecule has 0 bridgehead atoms. The molecule has 1 aromatic heterocycles. The number of hydrazine groups is 1. The van der Waals surface area contributed by atoms with Crippen molar-refractivity contribution in [3.05, 3.63) is 22.9 Å². The fraction of sp³-hybridized carbons (Fsp3) is 0.333. The maximum Gasteiger partial charge on any atom is 0.354 e. The number of carboxylic acid groups (broad SMARTS) is 1. The molecule has 2 heterocycles. The van der Waals surface area contributed by atoms with Gasteiger partial charge in [-0.2, -0.15) is 0 Å². The maximum absolute atomic E-state index is 11.2. The average molecular weight is 297 g/mol. The second-order valence-corrected chi connectivity index (χ2v) is 4.67. The van der Waals surface area contributed by atoms with Crippen molar-refractivity contribution >= 4 is 23.4 Å². The highest BCUT2D eigenvalue weighted by atomic mass is 32.2. The predicted molar refractivity (Wildman–Crippen MR) is 75.6 cm³/mol. The number of nitrogens with one attached hydrogen (secondary N) is 1. The van der Waals surface area contributed by atoms with Gasteiger partial charge in [0.2, 0.25) is 0 Å². The van der Waals surface area contributed by atoms with E-state index in [0.29, 0.717) is 23.1 Å². The van der Waals surface area contributed by atoms with Gasteiger partial charge in [0.25, 0.3) is 0 Å². The minimum absolute atomic E-state index is 0.0912. The number of hydrogen-bond donors (Lipinski definition) is 2. The molecule has 0 unspecified atom stereocenters. The van der Waals surface area contributed by atoms with Crippen molar-refractivity contribution in [3.8, 4) is 11.5 Å². The summed E-state index contributed by atoms with van der Waals surface area (Å²) in [5.74, 6) is 0.334. The molecule has 0 saturated carbocycles. The van der Waals surface area contributed by atoms with Crippen molar-refractivity contribution in [3.63, 3.8) is 0 Å². The zero-order valence-electron chi connectivity index (χ0n) is 11.3. The van der Waals surface area contributed by atoms with Crippen LogP contribution in [0.25, 0.3) is 5.70 Å². The number of ether oxygens (including phenoxy) is 2. The Kier molecular flexibility index (Phi) is 4.35. The molecule has 0 amide bonds. The van der Waals surface area contributed by atoms with Gasteiger partial charge in [-0.05, 0) is 5.41 Å². The third-order valence-corrected chi connectivity index (χ3v) is 3.58. The summed E-state index contributed by atoms with van der Waals surface area (Å²) < 4.78 is 10.5. The Morgan fingerprint density at radius 3 is 2.80 bits per heavy atom. The fourth-order valence-corrected chi connectivity index (χ4v) is 2.72. The molecule has 0 spiro atoms. The largest absolute Gasteiger partial charge is 0.493 e. The van der Waals surface area contributed by atoms with Gasteiger partial charge in [0.15, 0.2) is 17.2 Å². The van der Waals surface area contributed by atoms with Crippen LogP contribution >= 0.6 is 11.8 Å². The molecule has 2 rings (SSSR count). The molecule has 20 heavy (non-hydrogen) atoms. The number of nitrogens with zero attached hydrogens (tertiary/aromatic N) is 2. The molecular weight excluding hydrogens is 282 g/mol. The van der Waals surface area contributed by atoms with Crippen molar-refractivity contribution in [2.24, 2.45) is 0 Å². The molecule has 8 heteroatoms. The van der Waals surface area contributed by atoms with Gasteiger partial charge < -0.3 is 14.6 Å². The number of thioether (sulfide) groups is 1. The van der Waals surface area contributed by atoms with Crippen LogP contribution in [-0.2, 0) is 0 Å². The zero-order valence-corrected chi connectivity index (χ0v) is 12.2. The number of aromatic carboxylic acids is 1. The lowest BCUT2D eigenvalue weighted by Gasteiger charge is -2.21. The van der Waals surface area contributed by atoms with Crippen LogP contribution in [0.3, 0.4) is 0 Å². The maximum atomic E-state index is 11.2. The second-order valence-electron chi connectivity index (χ2n) is 3.85. The van der Waals surface area contributed by atoms with Crippen LogP contribution in [0.2, 0.25) is 0 Å². The smallest absolute Gasteiger partial charge is 0.354 e. The van der Waals surface area contributed by atoms with E-state index in [0.717, 1.165) is 5.70 Å². The van der Waals surface area contributed by atoms with Crippen LogP contribution < -0.4 is 14.9 Å². The van der Waals surface area contributed by atoms with E-state index < -0.39 is 5.97 Å². The van der Waals surface area contributed by atoms with E-state index in [4.69, 9.17) is 14.6 Å². The molecule has 2 N–H and O–H groups in total. The van der Waals surface area contributed by atoms with Gasteiger partial charge in [-0.3, -0.25) is 5.01 Å². The van der Waals surface area contributed by atoms with Crippen LogP contribution in [0.15, 0.2) is 11.5 Å². The Hall–Kier alpha value is -1.93. The Morgan fingerprint density at radius 2 is 2.25 bits per heavy atom. The lowest BCUT2D eigenvalue weighted by Crippen LogP contribution is -2.31. The number of hydrogen-bond acceptors (Lipinski definition) is 7. The van der Waals surface area contributed by atoms with Crippen molar-refractivity contribution in [1.29, 1.82) is 0 Å². The molecule has 1 aliphatic heterocycles. The number of pyridine rings is 1. The summed E-state index contributed by atoms with van der Waals surface area (Å²) in [7, 11) is 4.74. The lowest BCUT2D eigenvalue weighted by atomic mass is 10.2. The van der Waals surface area contributed by atoms with E-state index in [1.54, 1.807) is 18.8 Å². The summed E-state index contributed by atoms with van der Waals surface area (Å²) in [6.07, 6.45) is 0. The van der Waals surface area contributed by atoms with Gasteiger partial charge in [0, 0.05) is 13.1 Å². The van der Waals surface area contributed by atoms with Crippen molar-refractivity contribution in [2.45, 2.75) is 0 Å². The van der Waals surface area contributed by atoms with Gasteiger partial charge in [0.05, 0.1) is 25.8 Å². The van der Waals surface area contributed by atoms with Gasteiger partial charge in [0.1, 0.15) is 5.69 Å². The minimum atomic E-state index is -1.12. The van der Waals surface area contributed by atoms with Crippen LogP contribution in [-0.4, -0.2) is 48.2 Å². The molecule has 1 aliphatic rings. The molecule has 0 aromatic carbocycles. The number of carbonyl (C=O) groups is 1. The molecule has 0 aliphatic carbocycles. The first-order chi connectivity index (χ1) is 9.62. The number of carboxylic acids is 1. The topological polar surface area (TPSA) is 83.9 Å². The standard InChI is InChI=1S/C12H15N3O4S/c1-13-15-6-20-5-8(15)10-11(19-3)9(18-2)4-7(14-10)12(16)17/h4-5,13H,6H2,1-3H3,(H,16,17). The fourth-order valence-electron chi connectivity index (χ4n) is 1.83. The van der Waals surface area contributed by atoms with Crippen LogP contribution in [0.5, 0.6) is 11.5 Å². The van der Waals surface area contributed by atoms with E-state index >= 15 is 0 Å². The normalized spacial score (nSPS) is 14.2. The summed E-state index contributed by atoms with van der Waals surface area (Å²) >= 11 is 1.57. The molecule has 0 saturated heterocycles. The zero-order chi connectivity index (χ0) is 14.7. The van der Waals surface area contributed by atoms with E-state index in [2.05, 4.69) is 10.4 Å². The van der Waals surface area contributed by atoms with Crippen molar-refractivity contribution in [2.75, 3.05) is 27.1 Å². The summed E-state index contributed by atoms with van der Waals surface area (Å²) in [6.45, 7) is 0. The SMILES string of the molecule is CNN1CSC=C1c1nc(C(=O)O)cc(OC)c1OC. The molecular formula is C12H15N3O4S. The third kappa shape index (κ3) is 2.52. The van der Waals surface area contributed by atoms with Gasteiger partial charge in [-0.25, -0.2) is 15.2 Å². The number of rotatable bonds is 5. The first-order valence-electron chi connectivity index (χ1n) is 5.75. The van der Waals surface area contributed by atoms with E-state index in [1.165, 1.54) is 20.3 Å². The first kappa shape index (κ1) is 14.5. The van der Waals surface area contributed by atoms with Crippen molar-refractivity contribution in [1.82, 2.24) is 15.4 Å². The van der Waals surface area contributed by atoms with Gasteiger partial charge in [-0.1, -0.05) is 0 Å². The Bertz CT molecular complexity index is 562. The van der Waals surface area contributed by atoms with Crippen LogP contribution in [0.4, 0.5) is 0 Å². The first-order valence-corrected chi connectivity index (χ1v) is 6.80. The Labute approximate surface area is 120 Å². The highest BCUT2D eigenvalue weighted by Gasteiger charge is 2.25. The van der Waals surface area contributed by atoms with Gasteiger partial charge in [-0.15, -0.1) is 11.8 Å². The summed E-state index contributed by atoms with van der Waals surface area (Å²) in [5, 5.41) is 12.9. The summed E-state index contributed by atoms with van der Waals surface area (Å²) in [5.41, 5.74) is 4.10. The highest BCUT2D eigenvalue weighted by Crippen LogP contribution is 2.38. The number of methoxy groups -OCH3 is 2. The Morgan fingerprint density at radius 1 is 1.50 bits per heavy atom. The molecule has 0 atom stereocenters. The van der Waals surface area contributed by atoms with Gasteiger partial charge >= 0.3 is 5.97 Å². The van der Waals surface area contributed by atoms with E-state index in [-0.39, 0.29) is 5.69 Å². The van der Waals surface area contributed by atoms with Crippen molar-refractivity contribution < 1.29 is 19.4 Å². The molecule has 7 nitrogen and oxygen atoms in total. The molecule has 0 fully saturated rings. The summed E-state index contributed by atoms with van der Waals surface area (Å²) in [4.78, 5) is 15.3. The third-order valence-electron chi connectivity index (χ3n) is 2.78. The second kappa shape index (κ2) is 6.02. The summed E-state index contributed by atoms with van der Waals surface area (Å²) in [6, 6.07) is 1.34. The lowest BCUT2D eigenvalue weighted by molar-refractivity contribution is 0.0689. The average Bonchev–Trinajstić information content (AvgIpc) is 2.93. The van der Waals surface area contributed by atoms with E-state index in [1.807, 2.05) is 10.4 Å². The number of aromatic nitrogens is 1. The van der Waals surface area contributed by atoms with Crippen LogP contribution in [0.1, 0.15) is 16.2 Å². The highest BCUT2D eigenvalue weighted by molar-refractivity contribution is 8.02. The quantitative estimate of drug-likeness (QED) is 0.839. The van der Waals surface area contributed by atoms with E-state index in [9.17, 15) is 4.79 Å². The molecule has 1 aromatic rings. The monoisotopic (exact) mass is 297 g/mol. The Balaban J connectivity index is 2.60. The molecule has 108 valence electrons. The predicted octanol–water partition coefficient (Wildman–Crippen LogP) is 1.24. The van der Waals surface area contributed by atoms with Crippen LogP contribution in [0, 0.1) is 0 Å². The molecule has 0 radical (unpaired) electrons.